The predicted octanol–water partition coefficient (Wildman–Crippen LogP) is 4.07. The summed E-state index contributed by atoms with van der Waals surface area (Å²) >= 11 is 0. The van der Waals surface area contributed by atoms with Crippen LogP contribution in [0.1, 0.15) is 29.4 Å². The smallest absolute Gasteiger partial charge is 0.269 e. The first-order valence-corrected chi connectivity index (χ1v) is 8.83. The minimum atomic E-state index is -0.318. The number of halogens is 1. The van der Waals surface area contributed by atoms with Crippen LogP contribution in [0.5, 0.6) is 0 Å². The molecule has 1 N–H and O–H groups in total. The van der Waals surface area contributed by atoms with Crippen LogP contribution in [0.25, 0.3) is 11.3 Å². The topological polar surface area (TPSA) is 46.9 Å². The Morgan fingerprint density at radius 1 is 1.12 bits per heavy atom. The van der Waals surface area contributed by atoms with E-state index in [9.17, 15) is 9.18 Å². The van der Waals surface area contributed by atoms with Gasteiger partial charge in [0.2, 0.25) is 0 Å². The molecular weight excluding hydrogens is 329 g/mol. The normalized spacial score (nSPS) is 10.7. The first-order valence-electron chi connectivity index (χ1n) is 8.83. The van der Waals surface area contributed by atoms with Gasteiger partial charge in [-0.1, -0.05) is 49.4 Å². The van der Waals surface area contributed by atoms with Gasteiger partial charge in [0.25, 0.3) is 5.91 Å². The fraction of sp³-hybridized carbons (Fsp3) is 0.238. The lowest BCUT2D eigenvalue weighted by Gasteiger charge is -2.07. The number of amides is 1. The minimum Gasteiger partial charge on any atom is -0.350 e. The molecule has 0 atom stereocenters. The highest BCUT2D eigenvalue weighted by Crippen LogP contribution is 2.20. The zero-order valence-corrected chi connectivity index (χ0v) is 14.8. The molecule has 0 aliphatic heterocycles. The van der Waals surface area contributed by atoms with Gasteiger partial charge in [0, 0.05) is 18.7 Å². The molecular formula is C21H22FN3O. The number of hydrogen-bond acceptors (Lipinski definition) is 2. The van der Waals surface area contributed by atoms with E-state index in [-0.39, 0.29) is 11.7 Å². The number of hydrogen-bond donors (Lipinski definition) is 1. The summed E-state index contributed by atoms with van der Waals surface area (Å²) in [5, 5.41) is 7.44. The lowest BCUT2D eigenvalue weighted by Crippen LogP contribution is -2.28. The van der Waals surface area contributed by atoms with E-state index >= 15 is 0 Å². The van der Waals surface area contributed by atoms with E-state index in [0.717, 1.165) is 12.8 Å². The standard InChI is InChI=1S/C21H22FN3O/c1-2-13-25-20(15-19(24-25)17-9-6-10-18(22)14-17)21(26)23-12-11-16-7-4-3-5-8-16/h3-10,14-15H,2,11-13H2,1H3,(H,23,26). The highest BCUT2D eigenvalue weighted by Gasteiger charge is 2.16. The third kappa shape index (κ3) is 4.36. The second-order valence-corrected chi connectivity index (χ2v) is 6.14. The Bertz CT molecular complexity index is 874. The number of aromatic nitrogens is 2. The maximum Gasteiger partial charge on any atom is 0.269 e. The second kappa shape index (κ2) is 8.43. The van der Waals surface area contributed by atoms with Gasteiger partial charge in [-0.2, -0.15) is 5.10 Å². The maximum absolute atomic E-state index is 13.5. The Kier molecular flexibility index (Phi) is 5.79. The molecule has 1 aromatic heterocycles. The van der Waals surface area contributed by atoms with Crippen molar-refractivity contribution >= 4 is 5.91 Å². The summed E-state index contributed by atoms with van der Waals surface area (Å²) in [4.78, 5) is 12.6. The van der Waals surface area contributed by atoms with E-state index in [1.165, 1.54) is 17.7 Å². The van der Waals surface area contributed by atoms with Crippen molar-refractivity contribution in [2.24, 2.45) is 0 Å². The van der Waals surface area contributed by atoms with Crippen molar-refractivity contribution in [3.05, 3.63) is 77.7 Å². The van der Waals surface area contributed by atoms with Crippen molar-refractivity contribution in [2.75, 3.05) is 6.54 Å². The quantitative estimate of drug-likeness (QED) is 0.697. The van der Waals surface area contributed by atoms with Crippen molar-refractivity contribution in [3.8, 4) is 11.3 Å². The Morgan fingerprint density at radius 3 is 2.65 bits per heavy atom. The van der Waals surface area contributed by atoms with E-state index in [1.54, 1.807) is 22.9 Å². The minimum absolute atomic E-state index is 0.162. The van der Waals surface area contributed by atoms with Crippen molar-refractivity contribution in [1.82, 2.24) is 15.1 Å². The summed E-state index contributed by atoms with van der Waals surface area (Å²) in [7, 11) is 0. The average molecular weight is 351 g/mol. The molecule has 0 bridgehead atoms. The Hall–Kier alpha value is -2.95. The lowest BCUT2D eigenvalue weighted by molar-refractivity contribution is 0.0943. The number of nitrogens with one attached hydrogen (secondary N) is 1. The van der Waals surface area contributed by atoms with Crippen LogP contribution in [0.3, 0.4) is 0 Å². The number of benzene rings is 2. The molecule has 0 aliphatic rings. The van der Waals surface area contributed by atoms with Gasteiger partial charge in [0.15, 0.2) is 0 Å². The van der Waals surface area contributed by atoms with Crippen LogP contribution in [0.15, 0.2) is 60.7 Å². The first-order chi connectivity index (χ1) is 12.7. The SMILES string of the molecule is CCCn1nc(-c2cccc(F)c2)cc1C(=O)NCCc1ccccc1. The fourth-order valence-electron chi connectivity index (χ4n) is 2.83. The molecule has 0 saturated heterocycles. The summed E-state index contributed by atoms with van der Waals surface area (Å²) in [6.07, 6.45) is 1.62. The summed E-state index contributed by atoms with van der Waals surface area (Å²) in [5.41, 5.74) is 2.94. The van der Waals surface area contributed by atoms with Crippen molar-refractivity contribution in [1.29, 1.82) is 0 Å². The molecule has 1 heterocycles. The van der Waals surface area contributed by atoms with Crippen LogP contribution in [0, 0.1) is 5.82 Å². The highest BCUT2D eigenvalue weighted by molar-refractivity contribution is 5.93. The van der Waals surface area contributed by atoms with Crippen LogP contribution >= 0.6 is 0 Å². The molecule has 3 aromatic rings. The number of carbonyl (C=O) groups is 1. The van der Waals surface area contributed by atoms with E-state index in [4.69, 9.17) is 0 Å². The molecule has 0 radical (unpaired) electrons. The van der Waals surface area contributed by atoms with E-state index in [0.29, 0.717) is 30.0 Å². The van der Waals surface area contributed by atoms with Gasteiger partial charge in [0.1, 0.15) is 11.5 Å². The molecule has 1 amide bonds. The molecule has 3 rings (SSSR count). The summed E-state index contributed by atoms with van der Waals surface area (Å²) in [5.74, 6) is -0.481. The molecule has 0 saturated carbocycles. The molecule has 4 nitrogen and oxygen atoms in total. The molecule has 0 aliphatic carbocycles. The molecule has 0 unspecified atom stereocenters. The molecule has 0 fully saturated rings. The van der Waals surface area contributed by atoms with Gasteiger partial charge >= 0.3 is 0 Å². The summed E-state index contributed by atoms with van der Waals surface area (Å²) in [6.45, 7) is 3.22. The van der Waals surface area contributed by atoms with E-state index < -0.39 is 0 Å². The van der Waals surface area contributed by atoms with Crippen molar-refractivity contribution < 1.29 is 9.18 Å². The zero-order valence-electron chi connectivity index (χ0n) is 14.8. The molecule has 2 aromatic carbocycles. The van der Waals surface area contributed by atoms with Gasteiger partial charge in [-0.05, 0) is 36.6 Å². The maximum atomic E-state index is 13.5. The first kappa shape index (κ1) is 17.9. The van der Waals surface area contributed by atoms with Gasteiger partial charge in [-0.15, -0.1) is 0 Å². The molecule has 134 valence electrons. The van der Waals surface area contributed by atoms with Crippen LogP contribution in [0.2, 0.25) is 0 Å². The summed E-state index contributed by atoms with van der Waals surface area (Å²) < 4.78 is 15.2. The number of aryl methyl sites for hydroxylation is 1. The summed E-state index contributed by atoms with van der Waals surface area (Å²) in [6, 6.07) is 18.0. The Labute approximate surface area is 152 Å². The van der Waals surface area contributed by atoms with Gasteiger partial charge in [-0.3, -0.25) is 9.48 Å². The number of carbonyl (C=O) groups excluding carboxylic acids is 1. The van der Waals surface area contributed by atoms with E-state index in [1.807, 2.05) is 37.3 Å². The predicted molar refractivity (Wildman–Crippen MR) is 100 cm³/mol. The van der Waals surface area contributed by atoms with Gasteiger partial charge < -0.3 is 5.32 Å². The fourth-order valence-corrected chi connectivity index (χ4v) is 2.83. The van der Waals surface area contributed by atoms with Crippen LogP contribution in [-0.2, 0) is 13.0 Å². The van der Waals surface area contributed by atoms with Crippen LogP contribution in [-0.4, -0.2) is 22.2 Å². The largest absolute Gasteiger partial charge is 0.350 e. The zero-order chi connectivity index (χ0) is 18.4. The van der Waals surface area contributed by atoms with Gasteiger partial charge in [-0.25, -0.2) is 4.39 Å². The number of nitrogens with zero attached hydrogens (tertiary/aromatic N) is 2. The number of rotatable bonds is 7. The lowest BCUT2D eigenvalue weighted by atomic mass is 10.1. The molecule has 26 heavy (non-hydrogen) atoms. The third-order valence-corrected chi connectivity index (χ3v) is 4.11. The van der Waals surface area contributed by atoms with Gasteiger partial charge in [0.05, 0.1) is 5.69 Å². The van der Waals surface area contributed by atoms with E-state index in [2.05, 4.69) is 10.4 Å². The Balaban J connectivity index is 1.74. The Morgan fingerprint density at radius 2 is 1.92 bits per heavy atom. The van der Waals surface area contributed by atoms with Crippen molar-refractivity contribution in [2.45, 2.75) is 26.3 Å². The van der Waals surface area contributed by atoms with Crippen molar-refractivity contribution in [3.63, 3.8) is 0 Å². The monoisotopic (exact) mass is 351 g/mol. The van der Waals surface area contributed by atoms with Crippen LogP contribution < -0.4 is 5.32 Å². The average Bonchev–Trinajstić information content (AvgIpc) is 3.07. The van der Waals surface area contributed by atoms with Crippen LogP contribution in [0.4, 0.5) is 4.39 Å². The third-order valence-electron chi connectivity index (χ3n) is 4.11. The second-order valence-electron chi connectivity index (χ2n) is 6.14. The highest BCUT2D eigenvalue weighted by atomic mass is 19.1. The molecule has 0 spiro atoms. The molecule has 5 heteroatoms.